The minimum absolute atomic E-state index is 0.812. The summed E-state index contributed by atoms with van der Waals surface area (Å²) in [5.74, 6) is 0. The van der Waals surface area contributed by atoms with Crippen molar-refractivity contribution in [2.75, 3.05) is 6.67 Å². The molecule has 3 nitrogen and oxygen atoms in total. The summed E-state index contributed by atoms with van der Waals surface area (Å²) in [7, 11) is 0. The first kappa shape index (κ1) is 7.20. The lowest BCUT2D eigenvalue weighted by Crippen LogP contribution is -2.13. The van der Waals surface area contributed by atoms with E-state index >= 15 is 0 Å². The molecule has 0 saturated heterocycles. The maximum atomic E-state index is 11.3. The van der Waals surface area contributed by atoms with Crippen molar-refractivity contribution in [3.05, 3.63) is 0 Å². The zero-order valence-corrected chi connectivity index (χ0v) is 4.39. The second-order valence-corrected chi connectivity index (χ2v) is 1.33. The van der Waals surface area contributed by atoms with Gasteiger partial charge in [0.1, 0.15) is 12.8 Å². The highest BCUT2D eigenvalue weighted by molar-refractivity contribution is 5.56. The topological polar surface area (TPSA) is 46.2 Å². The Labute approximate surface area is 46.1 Å². The summed E-state index contributed by atoms with van der Waals surface area (Å²) in [6.07, 6.45) is -2.59. The van der Waals surface area contributed by atoms with Crippen molar-refractivity contribution in [2.45, 2.75) is 13.0 Å². The van der Waals surface area contributed by atoms with Crippen molar-refractivity contribution in [3.63, 3.8) is 0 Å². The lowest BCUT2D eigenvalue weighted by molar-refractivity contribution is 0.0299. The van der Waals surface area contributed by atoms with Gasteiger partial charge in [-0.05, 0) is 6.92 Å². The first-order valence-electron chi connectivity index (χ1n) is 2.10. The Hall–Kier alpha value is -0.800. The molecule has 0 amide bonds. The molecular weight excluding hydrogens is 115 g/mol. The van der Waals surface area contributed by atoms with Crippen LogP contribution in [0.1, 0.15) is 6.92 Å². The summed E-state index contributed by atoms with van der Waals surface area (Å²) in [6, 6.07) is 0. The Morgan fingerprint density at radius 1 is 1.88 bits per heavy atom. The van der Waals surface area contributed by atoms with Gasteiger partial charge in [-0.3, -0.25) is 0 Å². The lowest BCUT2D eigenvalue weighted by Gasteiger charge is -2.01. The maximum absolute atomic E-state index is 11.3. The Morgan fingerprint density at radius 3 is 2.50 bits per heavy atom. The van der Waals surface area contributed by atoms with E-state index in [1.54, 1.807) is 0 Å². The molecule has 0 spiro atoms. The molecule has 1 radical (unpaired) electrons. The highest BCUT2D eigenvalue weighted by Gasteiger charge is 2.06. The van der Waals surface area contributed by atoms with E-state index in [-0.39, 0.29) is 0 Å². The third kappa shape index (κ3) is 3.39. The summed E-state index contributed by atoms with van der Waals surface area (Å²) in [5, 5.41) is 9.47. The van der Waals surface area contributed by atoms with Gasteiger partial charge in [-0.2, -0.15) is 9.90 Å². The molecule has 47 valence electrons. The third-order valence-electron chi connectivity index (χ3n) is 0.515. The second-order valence-electron chi connectivity index (χ2n) is 1.33. The van der Waals surface area contributed by atoms with Crippen LogP contribution in [-0.2, 0) is 9.84 Å². The maximum Gasteiger partial charge on any atom is 0.550 e. The van der Waals surface area contributed by atoms with Crippen LogP contribution in [0.2, 0.25) is 0 Å². The van der Waals surface area contributed by atoms with Crippen LogP contribution in [0, 0.1) is 0 Å². The Bertz CT molecular complexity index is 83.4. The van der Waals surface area contributed by atoms with Crippen molar-refractivity contribution >= 4 is 6.16 Å². The Kier molecular flexibility index (Phi) is 2.91. The first-order valence-corrected chi connectivity index (χ1v) is 2.10. The summed E-state index contributed by atoms with van der Waals surface area (Å²) in [6.45, 7) is 0.490. The number of alkyl halides is 1. The molecule has 4 heteroatoms. The van der Waals surface area contributed by atoms with E-state index in [9.17, 15) is 14.3 Å². The van der Waals surface area contributed by atoms with Crippen LogP contribution in [0.3, 0.4) is 0 Å². The van der Waals surface area contributed by atoms with Crippen LogP contribution in [0.4, 0.5) is 9.18 Å². The number of carbonyl (C=O) groups is 1. The predicted molar refractivity (Wildman–Crippen MR) is 22.6 cm³/mol. The third-order valence-corrected chi connectivity index (χ3v) is 0.515. The van der Waals surface area contributed by atoms with Crippen molar-refractivity contribution < 1.29 is 19.0 Å². The van der Waals surface area contributed by atoms with Gasteiger partial charge >= 0.3 is 6.16 Å². The van der Waals surface area contributed by atoms with Gasteiger partial charge < -0.3 is 4.74 Å². The quantitative estimate of drug-likeness (QED) is 0.510. The molecule has 0 fully saturated rings. The van der Waals surface area contributed by atoms with E-state index < -0.39 is 18.9 Å². The SMILES string of the molecule is CC(CF)OC([O])=O. The number of hydrogen-bond acceptors (Lipinski definition) is 2. The van der Waals surface area contributed by atoms with Gasteiger partial charge in [0, 0.05) is 0 Å². The molecule has 0 aromatic carbocycles. The molecule has 0 aliphatic rings. The molecule has 0 rings (SSSR count). The number of ether oxygens (including phenoxy) is 1. The molecular formula is C4H6FO3. The average Bonchev–Trinajstić information content (AvgIpc) is 1.65. The highest BCUT2D eigenvalue weighted by Crippen LogP contribution is 1.90. The Balaban J connectivity index is 3.24. The van der Waals surface area contributed by atoms with Crippen molar-refractivity contribution in [1.29, 1.82) is 0 Å². The fraction of sp³-hybridized carbons (Fsp3) is 0.750. The van der Waals surface area contributed by atoms with E-state index in [4.69, 9.17) is 0 Å². The normalized spacial score (nSPS) is 12.8. The van der Waals surface area contributed by atoms with Gasteiger partial charge in [-0.1, -0.05) is 0 Å². The molecule has 0 N–H and O–H groups in total. The minimum atomic E-state index is -1.69. The summed E-state index contributed by atoms with van der Waals surface area (Å²) in [5.41, 5.74) is 0. The number of hydrogen-bond donors (Lipinski definition) is 0. The van der Waals surface area contributed by atoms with Gasteiger partial charge in [-0.25, -0.2) is 4.39 Å². The van der Waals surface area contributed by atoms with Crippen LogP contribution in [0.5, 0.6) is 0 Å². The highest BCUT2D eigenvalue weighted by atomic mass is 19.1. The molecule has 0 aromatic heterocycles. The van der Waals surface area contributed by atoms with Crippen LogP contribution >= 0.6 is 0 Å². The van der Waals surface area contributed by atoms with Gasteiger partial charge in [-0.15, -0.1) is 0 Å². The van der Waals surface area contributed by atoms with Crippen LogP contribution < -0.4 is 0 Å². The van der Waals surface area contributed by atoms with Gasteiger partial charge in [0.2, 0.25) is 0 Å². The van der Waals surface area contributed by atoms with E-state index in [1.165, 1.54) is 6.92 Å². The van der Waals surface area contributed by atoms with Crippen LogP contribution in [0.15, 0.2) is 0 Å². The molecule has 1 unspecified atom stereocenters. The Morgan fingerprint density at radius 2 is 2.38 bits per heavy atom. The predicted octanol–water partition coefficient (Wildman–Crippen LogP) is 0.911. The van der Waals surface area contributed by atoms with Crippen molar-refractivity contribution in [3.8, 4) is 0 Å². The zero-order valence-electron chi connectivity index (χ0n) is 4.39. The molecule has 0 aliphatic heterocycles. The van der Waals surface area contributed by atoms with E-state index in [2.05, 4.69) is 4.74 Å². The average molecular weight is 121 g/mol. The van der Waals surface area contributed by atoms with E-state index in [0.29, 0.717) is 0 Å². The number of carbonyl (C=O) groups excluding carboxylic acids is 1. The fourth-order valence-electron chi connectivity index (χ4n) is 0.196. The van der Waals surface area contributed by atoms with Crippen molar-refractivity contribution in [1.82, 2.24) is 0 Å². The fourth-order valence-corrected chi connectivity index (χ4v) is 0.196. The molecule has 0 heterocycles. The molecule has 1 atom stereocenters. The van der Waals surface area contributed by atoms with Crippen LogP contribution in [0.25, 0.3) is 0 Å². The largest absolute Gasteiger partial charge is 0.550 e. The first-order chi connectivity index (χ1) is 3.66. The van der Waals surface area contributed by atoms with Crippen molar-refractivity contribution in [2.24, 2.45) is 0 Å². The summed E-state index contributed by atoms with van der Waals surface area (Å²) < 4.78 is 15.2. The van der Waals surface area contributed by atoms with Crippen LogP contribution in [-0.4, -0.2) is 18.9 Å². The number of halogens is 1. The molecule has 0 aliphatic carbocycles. The van der Waals surface area contributed by atoms with E-state index in [1.807, 2.05) is 0 Å². The standard InChI is InChI=1S/C4H6FO3/c1-3(2-5)8-4(6)7/h3H,2H2,1H3. The molecule has 0 saturated carbocycles. The summed E-state index contributed by atoms with van der Waals surface area (Å²) in [4.78, 5) is 9.47. The van der Waals surface area contributed by atoms with E-state index in [0.717, 1.165) is 0 Å². The smallest absolute Gasteiger partial charge is 0.426 e. The summed E-state index contributed by atoms with van der Waals surface area (Å²) >= 11 is 0. The lowest BCUT2D eigenvalue weighted by atomic mass is 10.5. The minimum Gasteiger partial charge on any atom is -0.426 e. The molecule has 0 aromatic rings. The number of rotatable bonds is 2. The van der Waals surface area contributed by atoms with Gasteiger partial charge in [0.15, 0.2) is 0 Å². The monoisotopic (exact) mass is 121 g/mol. The van der Waals surface area contributed by atoms with Gasteiger partial charge in [0.05, 0.1) is 0 Å². The molecule has 8 heavy (non-hydrogen) atoms. The molecule has 0 bridgehead atoms. The van der Waals surface area contributed by atoms with Gasteiger partial charge in [0.25, 0.3) is 0 Å². The second kappa shape index (κ2) is 3.23. The zero-order chi connectivity index (χ0) is 6.57.